The highest BCUT2D eigenvalue weighted by Crippen LogP contribution is 2.30. The average Bonchev–Trinajstić information content (AvgIpc) is 2.78. The van der Waals surface area contributed by atoms with Crippen LogP contribution in [0.1, 0.15) is 15.9 Å². The van der Waals surface area contributed by atoms with Gasteiger partial charge in [-0.3, -0.25) is 4.79 Å². The van der Waals surface area contributed by atoms with Crippen LogP contribution in [0.3, 0.4) is 0 Å². The Hall–Kier alpha value is -3.90. The van der Waals surface area contributed by atoms with Gasteiger partial charge in [0.25, 0.3) is 5.91 Å². The summed E-state index contributed by atoms with van der Waals surface area (Å²) >= 11 is 6.33. The highest BCUT2D eigenvalue weighted by Gasteiger charge is 2.14. The molecule has 0 radical (unpaired) electrons. The molecule has 7 heteroatoms. The number of amides is 1. The minimum absolute atomic E-state index is 0.0118. The van der Waals surface area contributed by atoms with E-state index >= 15 is 0 Å². The molecular weight excluding hydrogens is 414 g/mol. The Bertz CT molecular complexity index is 1300. The topological polar surface area (TPSA) is 83.8 Å². The summed E-state index contributed by atoms with van der Waals surface area (Å²) in [6.07, 6.45) is 1.44. The third-order valence-electron chi connectivity index (χ3n) is 4.69. The number of benzene rings is 3. The van der Waals surface area contributed by atoms with Crippen molar-refractivity contribution in [2.75, 3.05) is 7.11 Å². The Morgan fingerprint density at radius 3 is 2.65 bits per heavy atom. The summed E-state index contributed by atoms with van der Waals surface area (Å²) in [5, 5.41) is 15.1. The number of para-hydroxylation sites is 1. The molecule has 2 N–H and O–H groups in total. The molecular formula is C24H18ClN3O3. The fraction of sp³-hybridized carbons (Fsp3) is 0.0417. The number of rotatable bonds is 5. The molecule has 1 heterocycles. The molecule has 0 unspecified atom stereocenters. The van der Waals surface area contributed by atoms with Crippen molar-refractivity contribution >= 4 is 34.6 Å². The van der Waals surface area contributed by atoms with Gasteiger partial charge in [0, 0.05) is 16.0 Å². The lowest BCUT2D eigenvalue weighted by Gasteiger charge is -2.10. The predicted molar refractivity (Wildman–Crippen MR) is 122 cm³/mol. The number of hydrogen-bond donors (Lipinski definition) is 2. The molecule has 0 aliphatic carbocycles. The van der Waals surface area contributed by atoms with Gasteiger partial charge in [0.05, 0.1) is 30.1 Å². The lowest BCUT2D eigenvalue weighted by atomic mass is 10.0. The maximum absolute atomic E-state index is 12.9. The van der Waals surface area contributed by atoms with Crippen LogP contribution in [-0.2, 0) is 0 Å². The monoisotopic (exact) mass is 431 g/mol. The Balaban J connectivity index is 1.66. The zero-order valence-corrected chi connectivity index (χ0v) is 17.3. The summed E-state index contributed by atoms with van der Waals surface area (Å²) in [5.74, 6) is -0.0419. The molecule has 31 heavy (non-hydrogen) atoms. The summed E-state index contributed by atoms with van der Waals surface area (Å²) in [7, 11) is 1.47. The number of nitrogens with one attached hydrogen (secondary N) is 1. The van der Waals surface area contributed by atoms with E-state index in [-0.39, 0.29) is 11.7 Å². The quantitative estimate of drug-likeness (QED) is 0.343. The number of methoxy groups -OCH3 is 1. The highest BCUT2D eigenvalue weighted by molar-refractivity contribution is 6.33. The molecule has 4 rings (SSSR count). The molecule has 4 aromatic rings. The van der Waals surface area contributed by atoms with Gasteiger partial charge in [0.15, 0.2) is 11.5 Å². The molecule has 0 atom stereocenters. The Morgan fingerprint density at radius 1 is 1.10 bits per heavy atom. The van der Waals surface area contributed by atoms with Crippen molar-refractivity contribution in [3.63, 3.8) is 0 Å². The van der Waals surface area contributed by atoms with Crippen molar-refractivity contribution in [2.45, 2.75) is 0 Å². The summed E-state index contributed by atoms with van der Waals surface area (Å²) in [6, 6.07) is 21.3. The first-order valence-corrected chi connectivity index (χ1v) is 9.79. The van der Waals surface area contributed by atoms with Gasteiger partial charge in [-0.1, -0.05) is 48.0 Å². The van der Waals surface area contributed by atoms with Crippen LogP contribution in [0.15, 0.2) is 77.9 Å². The Labute approximate surface area is 183 Å². The van der Waals surface area contributed by atoms with Gasteiger partial charge in [0.2, 0.25) is 0 Å². The molecule has 3 aromatic carbocycles. The number of fused-ring (bicyclic) bond motifs is 1. The number of carbonyl (C=O) groups excluding carboxylic acids is 1. The molecule has 0 fully saturated rings. The van der Waals surface area contributed by atoms with E-state index in [9.17, 15) is 9.90 Å². The molecule has 0 saturated carbocycles. The van der Waals surface area contributed by atoms with E-state index < -0.39 is 0 Å². The number of halogens is 1. The second-order valence-corrected chi connectivity index (χ2v) is 7.09. The second kappa shape index (κ2) is 8.85. The number of hydrazone groups is 1. The molecule has 0 bridgehead atoms. The Morgan fingerprint density at radius 2 is 1.87 bits per heavy atom. The van der Waals surface area contributed by atoms with Crippen LogP contribution in [0.2, 0.25) is 5.02 Å². The van der Waals surface area contributed by atoms with Crippen molar-refractivity contribution in [3.8, 4) is 22.8 Å². The van der Waals surface area contributed by atoms with Crippen LogP contribution in [-0.4, -0.2) is 29.3 Å². The number of aromatic hydroxyl groups is 1. The van der Waals surface area contributed by atoms with Gasteiger partial charge in [-0.2, -0.15) is 5.10 Å². The number of hydrogen-bond acceptors (Lipinski definition) is 5. The molecule has 0 spiro atoms. The summed E-state index contributed by atoms with van der Waals surface area (Å²) in [6.45, 7) is 0. The van der Waals surface area contributed by atoms with Gasteiger partial charge in [0.1, 0.15) is 0 Å². The van der Waals surface area contributed by atoms with Gasteiger partial charge in [-0.15, -0.1) is 0 Å². The number of pyridine rings is 1. The molecule has 0 aliphatic rings. The van der Waals surface area contributed by atoms with E-state index in [0.29, 0.717) is 38.5 Å². The van der Waals surface area contributed by atoms with E-state index in [4.69, 9.17) is 16.3 Å². The van der Waals surface area contributed by atoms with Crippen LogP contribution in [0.5, 0.6) is 11.5 Å². The van der Waals surface area contributed by atoms with Gasteiger partial charge in [-0.25, -0.2) is 10.4 Å². The van der Waals surface area contributed by atoms with Crippen LogP contribution in [0.25, 0.3) is 22.2 Å². The van der Waals surface area contributed by atoms with Crippen LogP contribution in [0.4, 0.5) is 0 Å². The maximum atomic E-state index is 12.9. The van der Waals surface area contributed by atoms with Crippen LogP contribution in [0, 0.1) is 0 Å². The number of phenolic OH excluding ortho intramolecular Hbond substituents is 1. The molecule has 0 aliphatic heterocycles. The lowest BCUT2D eigenvalue weighted by Crippen LogP contribution is -2.18. The number of phenols is 1. The zero-order valence-electron chi connectivity index (χ0n) is 16.5. The van der Waals surface area contributed by atoms with Crippen molar-refractivity contribution in [3.05, 3.63) is 88.9 Å². The molecule has 154 valence electrons. The van der Waals surface area contributed by atoms with Crippen LogP contribution >= 0.6 is 11.6 Å². The van der Waals surface area contributed by atoms with E-state index in [0.717, 1.165) is 5.56 Å². The fourth-order valence-corrected chi connectivity index (χ4v) is 3.42. The summed E-state index contributed by atoms with van der Waals surface area (Å²) < 4.78 is 5.02. The summed E-state index contributed by atoms with van der Waals surface area (Å²) in [4.78, 5) is 17.6. The minimum atomic E-state index is -0.388. The first-order chi connectivity index (χ1) is 15.1. The van der Waals surface area contributed by atoms with Gasteiger partial charge >= 0.3 is 0 Å². The molecule has 1 aromatic heterocycles. The van der Waals surface area contributed by atoms with E-state index in [1.165, 1.54) is 19.4 Å². The SMILES string of the molecule is COc1ccc(C=NNC(=O)c2cc(-c3ccccc3Cl)nc3ccccc23)cc1O. The third kappa shape index (κ3) is 4.34. The zero-order chi connectivity index (χ0) is 21.8. The minimum Gasteiger partial charge on any atom is -0.504 e. The number of nitrogens with zero attached hydrogens (tertiary/aromatic N) is 2. The molecule has 6 nitrogen and oxygen atoms in total. The van der Waals surface area contributed by atoms with E-state index in [1.807, 2.05) is 42.5 Å². The Kier molecular flexibility index (Phi) is 5.82. The van der Waals surface area contributed by atoms with Crippen molar-refractivity contribution in [1.29, 1.82) is 0 Å². The lowest BCUT2D eigenvalue weighted by molar-refractivity contribution is 0.0956. The first-order valence-electron chi connectivity index (χ1n) is 9.42. The van der Waals surface area contributed by atoms with E-state index in [2.05, 4.69) is 15.5 Å². The largest absolute Gasteiger partial charge is 0.504 e. The molecule has 1 amide bonds. The van der Waals surface area contributed by atoms with Crippen molar-refractivity contribution in [2.24, 2.45) is 5.10 Å². The normalized spacial score (nSPS) is 11.0. The predicted octanol–water partition coefficient (Wildman–Crippen LogP) is 5.03. The standard InChI is InChI=1S/C24H18ClN3O3/c1-31-23-11-10-15(12-22(23)29)14-26-28-24(30)18-13-21(17-7-2-4-8-19(17)25)27-20-9-5-3-6-16(18)20/h2-14,29H,1H3,(H,28,30). The van der Waals surface area contributed by atoms with Crippen molar-refractivity contribution < 1.29 is 14.6 Å². The average molecular weight is 432 g/mol. The maximum Gasteiger partial charge on any atom is 0.272 e. The number of carbonyl (C=O) groups is 1. The number of ether oxygens (including phenoxy) is 1. The first kappa shape index (κ1) is 20.4. The molecule has 0 saturated heterocycles. The smallest absolute Gasteiger partial charge is 0.272 e. The third-order valence-corrected chi connectivity index (χ3v) is 5.02. The van der Waals surface area contributed by atoms with Crippen molar-refractivity contribution in [1.82, 2.24) is 10.4 Å². The number of aromatic nitrogens is 1. The van der Waals surface area contributed by atoms with E-state index in [1.54, 1.807) is 24.3 Å². The van der Waals surface area contributed by atoms with Crippen LogP contribution < -0.4 is 10.2 Å². The highest BCUT2D eigenvalue weighted by atomic mass is 35.5. The van der Waals surface area contributed by atoms with Gasteiger partial charge in [-0.05, 0) is 42.0 Å². The van der Waals surface area contributed by atoms with Gasteiger partial charge < -0.3 is 9.84 Å². The summed E-state index contributed by atoms with van der Waals surface area (Å²) in [5.41, 5.74) is 5.58. The second-order valence-electron chi connectivity index (χ2n) is 6.68. The fourth-order valence-electron chi connectivity index (χ4n) is 3.18.